The van der Waals surface area contributed by atoms with Gasteiger partial charge in [0, 0.05) is 23.6 Å². The standard InChI is InChI=1S/C14H20ClNO/c1-2-16-14-7-8-17-10-12(14)9-11-3-5-13(15)6-4-11/h3-6,12,14,16H,2,7-10H2,1H3/t12-,14-/m0/s1. The van der Waals surface area contributed by atoms with Crippen LogP contribution in [0.4, 0.5) is 0 Å². The van der Waals surface area contributed by atoms with Crippen molar-refractivity contribution in [3.05, 3.63) is 34.9 Å². The summed E-state index contributed by atoms with van der Waals surface area (Å²) in [5.74, 6) is 0.574. The molecule has 0 amide bonds. The molecule has 0 unspecified atom stereocenters. The Labute approximate surface area is 108 Å². The number of benzene rings is 1. The summed E-state index contributed by atoms with van der Waals surface area (Å²) >= 11 is 5.90. The smallest absolute Gasteiger partial charge is 0.0512 e. The summed E-state index contributed by atoms with van der Waals surface area (Å²) in [6.45, 7) is 4.94. The maximum absolute atomic E-state index is 5.90. The second kappa shape index (κ2) is 6.39. The maximum Gasteiger partial charge on any atom is 0.0512 e. The van der Waals surface area contributed by atoms with Crippen molar-refractivity contribution in [1.29, 1.82) is 0 Å². The van der Waals surface area contributed by atoms with Gasteiger partial charge in [-0.25, -0.2) is 0 Å². The summed E-state index contributed by atoms with van der Waals surface area (Å²) in [7, 11) is 0. The van der Waals surface area contributed by atoms with Crippen molar-refractivity contribution in [2.75, 3.05) is 19.8 Å². The Bertz CT molecular complexity index is 337. The van der Waals surface area contributed by atoms with Crippen molar-refractivity contribution in [3.8, 4) is 0 Å². The molecule has 0 saturated carbocycles. The van der Waals surface area contributed by atoms with E-state index in [1.54, 1.807) is 0 Å². The molecule has 1 N–H and O–H groups in total. The van der Waals surface area contributed by atoms with E-state index >= 15 is 0 Å². The van der Waals surface area contributed by atoms with E-state index in [2.05, 4.69) is 24.4 Å². The highest BCUT2D eigenvalue weighted by Gasteiger charge is 2.24. The number of ether oxygens (including phenoxy) is 1. The van der Waals surface area contributed by atoms with Crippen LogP contribution in [0.25, 0.3) is 0 Å². The van der Waals surface area contributed by atoms with Gasteiger partial charge in [-0.1, -0.05) is 30.7 Å². The van der Waals surface area contributed by atoms with Gasteiger partial charge < -0.3 is 10.1 Å². The zero-order valence-electron chi connectivity index (χ0n) is 10.3. The van der Waals surface area contributed by atoms with Crippen LogP contribution in [0, 0.1) is 5.92 Å². The molecule has 3 heteroatoms. The quantitative estimate of drug-likeness (QED) is 0.891. The molecule has 1 aliphatic heterocycles. The van der Waals surface area contributed by atoms with Crippen molar-refractivity contribution in [3.63, 3.8) is 0 Å². The van der Waals surface area contributed by atoms with Gasteiger partial charge in [-0.2, -0.15) is 0 Å². The fourth-order valence-corrected chi connectivity index (χ4v) is 2.58. The Morgan fingerprint density at radius 2 is 2.12 bits per heavy atom. The zero-order chi connectivity index (χ0) is 12.1. The molecular formula is C14H20ClNO. The summed E-state index contributed by atoms with van der Waals surface area (Å²) in [4.78, 5) is 0. The van der Waals surface area contributed by atoms with E-state index in [1.807, 2.05) is 12.1 Å². The monoisotopic (exact) mass is 253 g/mol. The third-order valence-corrected chi connectivity index (χ3v) is 3.60. The van der Waals surface area contributed by atoms with Gasteiger partial charge in [-0.3, -0.25) is 0 Å². The fraction of sp³-hybridized carbons (Fsp3) is 0.571. The molecule has 2 nitrogen and oxygen atoms in total. The van der Waals surface area contributed by atoms with E-state index in [9.17, 15) is 0 Å². The van der Waals surface area contributed by atoms with Crippen LogP contribution in [-0.4, -0.2) is 25.8 Å². The van der Waals surface area contributed by atoms with E-state index in [0.29, 0.717) is 12.0 Å². The summed E-state index contributed by atoms with van der Waals surface area (Å²) in [6.07, 6.45) is 2.18. The first kappa shape index (κ1) is 12.9. The van der Waals surface area contributed by atoms with Gasteiger partial charge in [0.05, 0.1) is 6.61 Å². The molecule has 1 aromatic rings. The first-order chi connectivity index (χ1) is 8.29. The fourth-order valence-electron chi connectivity index (χ4n) is 2.45. The Morgan fingerprint density at radius 1 is 1.35 bits per heavy atom. The lowest BCUT2D eigenvalue weighted by Gasteiger charge is -2.32. The average molecular weight is 254 g/mol. The number of hydrogen-bond donors (Lipinski definition) is 1. The van der Waals surface area contributed by atoms with Crippen molar-refractivity contribution < 1.29 is 4.74 Å². The Morgan fingerprint density at radius 3 is 2.82 bits per heavy atom. The maximum atomic E-state index is 5.90. The molecule has 2 rings (SSSR count). The summed E-state index contributed by atoms with van der Waals surface area (Å²) in [5.41, 5.74) is 1.34. The molecule has 0 aromatic heterocycles. The third kappa shape index (κ3) is 3.70. The van der Waals surface area contributed by atoms with Gasteiger partial charge in [0.15, 0.2) is 0 Å². The van der Waals surface area contributed by atoms with Crippen LogP contribution in [0.1, 0.15) is 18.9 Å². The highest BCUT2D eigenvalue weighted by Crippen LogP contribution is 2.20. The van der Waals surface area contributed by atoms with E-state index in [0.717, 1.165) is 37.6 Å². The molecule has 0 spiro atoms. The second-order valence-corrected chi connectivity index (χ2v) is 5.05. The van der Waals surface area contributed by atoms with Gasteiger partial charge in [0.1, 0.15) is 0 Å². The van der Waals surface area contributed by atoms with Crippen molar-refractivity contribution in [2.24, 2.45) is 5.92 Å². The zero-order valence-corrected chi connectivity index (χ0v) is 11.0. The minimum Gasteiger partial charge on any atom is -0.381 e. The molecule has 1 aromatic carbocycles. The van der Waals surface area contributed by atoms with Crippen LogP contribution >= 0.6 is 11.6 Å². The highest BCUT2D eigenvalue weighted by molar-refractivity contribution is 6.30. The van der Waals surface area contributed by atoms with E-state index in [4.69, 9.17) is 16.3 Å². The van der Waals surface area contributed by atoms with Crippen LogP contribution in [0.5, 0.6) is 0 Å². The van der Waals surface area contributed by atoms with Gasteiger partial charge in [0.2, 0.25) is 0 Å². The Hall–Kier alpha value is -0.570. The number of rotatable bonds is 4. The predicted molar refractivity (Wildman–Crippen MR) is 71.5 cm³/mol. The van der Waals surface area contributed by atoms with Crippen molar-refractivity contribution in [1.82, 2.24) is 5.32 Å². The molecular weight excluding hydrogens is 234 g/mol. The topological polar surface area (TPSA) is 21.3 Å². The second-order valence-electron chi connectivity index (χ2n) is 4.62. The van der Waals surface area contributed by atoms with Gasteiger partial charge >= 0.3 is 0 Å². The minimum absolute atomic E-state index is 0.574. The number of halogens is 1. The average Bonchev–Trinajstić information content (AvgIpc) is 2.35. The van der Waals surface area contributed by atoms with Crippen LogP contribution < -0.4 is 5.32 Å². The Kier molecular flexibility index (Phi) is 4.84. The molecule has 2 atom stereocenters. The predicted octanol–water partition coefficient (Wildman–Crippen LogP) is 2.90. The Balaban J connectivity index is 1.97. The highest BCUT2D eigenvalue weighted by atomic mass is 35.5. The SMILES string of the molecule is CCN[C@H]1CCOC[C@@H]1Cc1ccc(Cl)cc1. The number of hydrogen-bond acceptors (Lipinski definition) is 2. The lowest BCUT2D eigenvalue weighted by molar-refractivity contribution is 0.0327. The van der Waals surface area contributed by atoms with E-state index < -0.39 is 0 Å². The summed E-state index contributed by atoms with van der Waals surface area (Å²) in [6, 6.07) is 8.73. The lowest BCUT2D eigenvalue weighted by Crippen LogP contribution is -2.43. The molecule has 94 valence electrons. The number of nitrogens with one attached hydrogen (secondary N) is 1. The normalized spacial score (nSPS) is 24.8. The van der Waals surface area contributed by atoms with Gasteiger partial charge in [-0.05, 0) is 37.1 Å². The molecule has 1 fully saturated rings. The molecule has 1 saturated heterocycles. The largest absolute Gasteiger partial charge is 0.381 e. The van der Waals surface area contributed by atoms with Gasteiger partial charge in [-0.15, -0.1) is 0 Å². The molecule has 1 heterocycles. The minimum atomic E-state index is 0.574. The van der Waals surface area contributed by atoms with Crippen molar-refractivity contribution >= 4 is 11.6 Å². The molecule has 0 radical (unpaired) electrons. The van der Waals surface area contributed by atoms with Crippen LogP contribution in [0.2, 0.25) is 5.02 Å². The van der Waals surface area contributed by atoms with E-state index in [1.165, 1.54) is 5.56 Å². The van der Waals surface area contributed by atoms with E-state index in [-0.39, 0.29) is 0 Å². The molecule has 17 heavy (non-hydrogen) atoms. The third-order valence-electron chi connectivity index (χ3n) is 3.35. The van der Waals surface area contributed by atoms with Crippen LogP contribution in [0.3, 0.4) is 0 Å². The summed E-state index contributed by atoms with van der Waals surface area (Å²) < 4.78 is 5.59. The first-order valence-corrected chi connectivity index (χ1v) is 6.73. The lowest BCUT2D eigenvalue weighted by atomic mass is 9.89. The van der Waals surface area contributed by atoms with Crippen LogP contribution in [-0.2, 0) is 11.2 Å². The van der Waals surface area contributed by atoms with Gasteiger partial charge in [0.25, 0.3) is 0 Å². The van der Waals surface area contributed by atoms with Crippen molar-refractivity contribution in [2.45, 2.75) is 25.8 Å². The molecule has 1 aliphatic rings. The molecule has 0 aliphatic carbocycles. The van der Waals surface area contributed by atoms with Crippen LogP contribution in [0.15, 0.2) is 24.3 Å². The molecule has 0 bridgehead atoms. The summed E-state index contributed by atoms with van der Waals surface area (Å²) in [5, 5.41) is 4.36. The first-order valence-electron chi connectivity index (χ1n) is 6.35.